The summed E-state index contributed by atoms with van der Waals surface area (Å²) in [6.45, 7) is 2.09. The van der Waals surface area contributed by atoms with Gasteiger partial charge in [-0.1, -0.05) is 49.4 Å². The highest BCUT2D eigenvalue weighted by Gasteiger charge is 2.14. The fourth-order valence-electron chi connectivity index (χ4n) is 2.62. The lowest BCUT2D eigenvalue weighted by Crippen LogP contribution is -2.26. The maximum atomic E-state index is 12.7. The molecule has 110 valence electrons. The van der Waals surface area contributed by atoms with Gasteiger partial charge in [-0.2, -0.15) is 0 Å². The van der Waals surface area contributed by atoms with Gasteiger partial charge in [0.25, 0.3) is 5.91 Å². The average molecular weight is 289 g/mol. The van der Waals surface area contributed by atoms with E-state index >= 15 is 0 Å². The molecule has 0 aromatic heterocycles. The zero-order chi connectivity index (χ0) is 15.5. The van der Waals surface area contributed by atoms with Gasteiger partial charge in [-0.25, -0.2) is 0 Å². The van der Waals surface area contributed by atoms with Crippen molar-refractivity contribution >= 4 is 22.4 Å². The Kier molecular flexibility index (Phi) is 3.92. The van der Waals surface area contributed by atoms with Crippen molar-refractivity contribution in [1.82, 2.24) is 0 Å². The average Bonchev–Trinajstić information content (AvgIpc) is 2.60. The molecule has 0 fully saturated rings. The van der Waals surface area contributed by atoms with Crippen LogP contribution in [0.1, 0.15) is 22.8 Å². The number of benzene rings is 3. The van der Waals surface area contributed by atoms with Gasteiger partial charge in [0.1, 0.15) is 0 Å². The Labute approximate surface area is 131 Å². The Bertz CT molecular complexity index is 823. The number of hydrogen-bond donors (Lipinski definition) is 0. The van der Waals surface area contributed by atoms with Crippen molar-refractivity contribution in [2.75, 3.05) is 11.9 Å². The first-order valence-corrected chi connectivity index (χ1v) is 7.55. The van der Waals surface area contributed by atoms with Crippen LogP contribution in [0.15, 0.2) is 66.7 Å². The first-order valence-electron chi connectivity index (χ1n) is 7.55. The van der Waals surface area contributed by atoms with Gasteiger partial charge in [-0.15, -0.1) is 0 Å². The van der Waals surface area contributed by atoms with Crippen molar-refractivity contribution in [2.45, 2.75) is 13.3 Å². The van der Waals surface area contributed by atoms with Crippen molar-refractivity contribution in [1.29, 1.82) is 0 Å². The highest BCUT2D eigenvalue weighted by atomic mass is 16.2. The van der Waals surface area contributed by atoms with Crippen LogP contribution in [0.25, 0.3) is 10.8 Å². The maximum Gasteiger partial charge on any atom is 0.258 e. The van der Waals surface area contributed by atoms with E-state index in [9.17, 15) is 4.79 Å². The number of carbonyl (C=O) groups is 1. The molecule has 0 aliphatic carbocycles. The van der Waals surface area contributed by atoms with Crippen molar-refractivity contribution in [3.8, 4) is 0 Å². The van der Waals surface area contributed by atoms with Crippen molar-refractivity contribution in [3.63, 3.8) is 0 Å². The minimum Gasteiger partial charge on any atom is -0.311 e. The lowest BCUT2D eigenvalue weighted by Gasteiger charge is -2.18. The van der Waals surface area contributed by atoms with Crippen LogP contribution in [0.4, 0.5) is 5.69 Å². The zero-order valence-electron chi connectivity index (χ0n) is 12.9. The molecule has 2 heteroatoms. The molecule has 1 amide bonds. The Morgan fingerprint density at radius 1 is 0.909 bits per heavy atom. The van der Waals surface area contributed by atoms with Gasteiger partial charge < -0.3 is 4.90 Å². The minimum absolute atomic E-state index is 0.0191. The fourth-order valence-corrected chi connectivity index (χ4v) is 2.62. The Morgan fingerprint density at radius 3 is 2.45 bits per heavy atom. The lowest BCUT2D eigenvalue weighted by atomic mass is 10.1. The molecule has 3 aromatic rings. The molecule has 0 radical (unpaired) electrons. The molecule has 22 heavy (non-hydrogen) atoms. The zero-order valence-corrected chi connectivity index (χ0v) is 12.9. The molecule has 0 aliphatic rings. The van der Waals surface area contributed by atoms with Crippen molar-refractivity contribution < 1.29 is 4.79 Å². The molecule has 0 saturated carbocycles. The second-order valence-electron chi connectivity index (χ2n) is 5.45. The quantitative estimate of drug-likeness (QED) is 0.685. The number of nitrogens with zero attached hydrogens (tertiary/aromatic N) is 1. The van der Waals surface area contributed by atoms with Gasteiger partial charge in [0.2, 0.25) is 0 Å². The molecule has 0 atom stereocenters. The van der Waals surface area contributed by atoms with E-state index in [0.717, 1.165) is 23.1 Å². The summed E-state index contributed by atoms with van der Waals surface area (Å²) in [5.74, 6) is 0.0191. The topological polar surface area (TPSA) is 20.3 Å². The molecule has 0 spiro atoms. The van der Waals surface area contributed by atoms with E-state index in [0.29, 0.717) is 0 Å². The highest BCUT2D eigenvalue weighted by molar-refractivity contribution is 6.06. The molecule has 0 aliphatic heterocycles. The molecule has 0 saturated heterocycles. The normalized spacial score (nSPS) is 10.6. The van der Waals surface area contributed by atoms with Crippen LogP contribution in [0.3, 0.4) is 0 Å². The van der Waals surface area contributed by atoms with Crippen LogP contribution < -0.4 is 4.90 Å². The first-order chi connectivity index (χ1) is 10.7. The van der Waals surface area contributed by atoms with Crippen LogP contribution >= 0.6 is 0 Å². The fraction of sp³-hybridized carbons (Fsp3) is 0.150. The summed E-state index contributed by atoms with van der Waals surface area (Å²) in [4.78, 5) is 14.4. The van der Waals surface area contributed by atoms with Gasteiger partial charge in [0, 0.05) is 18.3 Å². The molecule has 0 bridgehead atoms. The second kappa shape index (κ2) is 6.02. The number of anilines is 1. The summed E-state index contributed by atoms with van der Waals surface area (Å²) >= 11 is 0. The first kappa shape index (κ1) is 14.3. The van der Waals surface area contributed by atoms with Crippen molar-refractivity contribution in [2.24, 2.45) is 0 Å². The SMILES string of the molecule is CCc1cccc(C(=O)N(C)c2ccc3ccccc3c2)c1. The van der Waals surface area contributed by atoms with Gasteiger partial charge in [0.15, 0.2) is 0 Å². The summed E-state index contributed by atoms with van der Waals surface area (Å²) < 4.78 is 0. The molecule has 2 nitrogen and oxygen atoms in total. The van der Waals surface area contributed by atoms with Crippen LogP contribution in [-0.4, -0.2) is 13.0 Å². The molecule has 3 aromatic carbocycles. The number of fused-ring (bicyclic) bond motifs is 1. The minimum atomic E-state index is 0.0191. The largest absolute Gasteiger partial charge is 0.311 e. The van der Waals surface area contributed by atoms with Crippen molar-refractivity contribution in [3.05, 3.63) is 77.9 Å². The second-order valence-corrected chi connectivity index (χ2v) is 5.45. The standard InChI is InChI=1S/C20H19NO/c1-3-15-7-6-10-18(13-15)20(22)21(2)19-12-11-16-8-4-5-9-17(16)14-19/h4-14H,3H2,1-2H3. The summed E-state index contributed by atoms with van der Waals surface area (Å²) in [6.07, 6.45) is 0.931. The number of rotatable bonds is 3. The third-order valence-electron chi connectivity index (χ3n) is 4.01. The monoisotopic (exact) mass is 289 g/mol. The van der Waals surface area contributed by atoms with E-state index < -0.39 is 0 Å². The van der Waals surface area contributed by atoms with E-state index in [4.69, 9.17) is 0 Å². The number of aryl methyl sites for hydroxylation is 1. The Balaban J connectivity index is 1.93. The summed E-state index contributed by atoms with van der Waals surface area (Å²) in [5.41, 5.74) is 2.82. The lowest BCUT2D eigenvalue weighted by molar-refractivity contribution is 0.0993. The Morgan fingerprint density at radius 2 is 1.68 bits per heavy atom. The van der Waals surface area contributed by atoms with Crippen LogP contribution in [-0.2, 0) is 6.42 Å². The smallest absolute Gasteiger partial charge is 0.258 e. The van der Waals surface area contributed by atoms with E-state index in [1.807, 2.05) is 49.5 Å². The van der Waals surface area contributed by atoms with Crippen LogP contribution in [0.2, 0.25) is 0 Å². The number of carbonyl (C=O) groups excluding carboxylic acids is 1. The Hall–Kier alpha value is -2.61. The van der Waals surface area contributed by atoms with Gasteiger partial charge in [-0.3, -0.25) is 4.79 Å². The van der Waals surface area contributed by atoms with Gasteiger partial charge in [0.05, 0.1) is 0 Å². The molecular formula is C20H19NO. The molecule has 0 unspecified atom stereocenters. The van der Waals surface area contributed by atoms with Gasteiger partial charge >= 0.3 is 0 Å². The van der Waals surface area contributed by atoms with E-state index in [2.05, 4.69) is 31.2 Å². The van der Waals surface area contributed by atoms with Gasteiger partial charge in [-0.05, 0) is 47.0 Å². The molecule has 3 rings (SSSR count). The van der Waals surface area contributed by atoms with Crippen LogP contribution in [0.5, 0.6) is 0 Å². The predicted molar refractivity (Wildman–Crippen MR) is 92.5 cm³/mol. The third-order valence-corrected chi connectivity index (χ3v) is 4.01. The summed E-state index contributed by atoms with van der Waals surface area (Å²) in [7, 11) is 1.82. The highest BCUT2D eigenvalue weighted by Crippen LogP contribution is 2.22. The van der Waals surface area contributed by atoms with E-state index in [1.165, 1.54) is 10.9 Å². The summed E-state index contributed by atoms with van der Waals surface area (Å²) in [6, 6.07) is 22.1. The summed E-state index contributed by atoms with van der Waals surface area (Å²) in [5, 5.41) is 2.32. The third kappa shape index (κ3) is 2.73. The number of amides is 1. The molecule has 0 N–H and O–H groups in total. The molecule has 0 heterocycles. The van der Waals surface area contributed by atoms with E-state index in [-0.39, 0.29) is 5.91 Å². The van der Waals surface area contributed by atoms with E-state index in [1.54, 1.807) is 4.90 Å². The number of hydrogen-bond acceptors (Lipinski definition) is 1. The molecular weight excluding hydrogens is 270 g/mol. The van der Waals surface area contributed by atoms with Crippen LogP contribution in [0, 0.1) is 0 Å². The predicted octanol–water partition coefficient (Wildman–Crippen LogP) is 4.68. The maximum absolute atomic E-state index is 12.7.